The molecule has 4 atom stereocenters. The van der Waals surface area contributed by atoms with Crippen LogP contribution < -0.4 is 22.1 Å². The van der Waals surface area contributed by atoms with Crippen LogP contribution in [-0.2, 0) is 32.0 Å². The minimum atomic E-state index is -1.23. The zero-order valence-electron chi connectivity index (χ0n) is 21.3. The summed E-state index contributed by atoms with van der Waals surface area (Å²) in [5, 5.41) is 15.0. The van der Waals surface area contributed by atoms with E-state index in [1.807, 2.05) is 30.3 Å². The summed E-state index contributed by atoms with van der Waals surface area (Å²) in [6.45, 7) is 0.924. The van der Waals surface area contributed by atoms with E-state index in [1.54, 1.807) is 0 Å². The molecule has 206 valence electrons. The van der Waals surface area contributed by atoms with E-state index < -0.39 is 42.0 Å². The Balaban J connectivity index is 1.72. The largest absolute Gasteiger partial charge is 0.480 e. The van der Waals surface area contributed by atoms with Gasteiger partial charge in [0.2, 0.25) is 17.7 Å². The molecule has 8 N–H and O–H groups in total. The van der Waals surface area contributed by atoms with Gasteiger partial charge in [-0.15, -0.1) is 0 Å². The van der Waals surface area contributed by atoms with Gasteiger partial charge in [0.25, 0.3) is 0 Å². The number of rotatable bonds is 14. The lowest BCUT2D eigenvalue weighted by Gasteiger charge is -2.28. The average molecular weight is 528 g/mol. The van der Waals surface area contributed by atoms with Gasteiger partial charge < -0.3 is 37.1 Å². The highest BCUT2D eigenvalue weighted by atomic mass is 16.4. The standard InChI is InChI=1S/C26H37N7O5/c27-11-5-4-9-19(28)25(36)33-12-6-10-22(33)24(35)31-20(13-17-7-2-1-3-8-17)23(34)32-21(26(37)38)14-18-15-29-16-30-18/h1-3,7-8,15-16,19-22H,4-6,9-14,27-28H2,(H,29,30)(H,31,35)(H,32,34)(H,37,38). The van der Waals surface area contributed by atoms with Crippen molar-refractivity contribution >= 4 is 23.7 Å². The second-order valence-electron chi connectivity index (χ2n) is 9.51. The molecule has 3 rings (SSSR count). The molecule has 2 aromatic rings. The number of carbonyl (C=O) groups excluding carboxylic acids is 3. The van der Waals surface area contributed by atoms with Crippen molar-refractivity contribution in [3.05, 3.63) is 54.1 Å². The van der Waals surface area contributed by atoms with Crippen molar-refractivity contribution in [3.8, 4) is 0 Å². The van der Waals surface area contributed by atoms with Crippen LogP contribution >= 0.6 is 0 Å². The van der Waals surface area contributed by atoms with Crippen LogP contribution in [0.2, 0.25) is 0 Å². The molecular formula is C26H37N7O5. The van der Waals surface area contributed by atoms with Gasteiger partial charge in [-0.05, 0) is 37.8 Å². The summed E-state index contributed by atoms with van der Waals surface area (Å²) in [6.07, 6.45) is 6.10. The van der Waals surface area contributed by atoms with Gasteiger partial charge in [-0.2, -0.15) is 0 Å². The number of hydrogen-bond donors (Lipinski definition) is 6. The monoisotopic (exact) mass is 527 g/mol. The van der Waals surface area contributed by atoms with E-state index >= 15 is 0 Å². The molecular weight excluding hydrogens is 490 g/mol. The molecule has 1 aromatic heterocycles. The fourth-order valence-corrected chi connectivity index (χ4v) is 4.56. The Morgan fingerprint density at radius 3 is 2.53 bits per heavy atom. The molecule has 1 aromatic carbocycles. The lowest BCUT2D eigenvalue weighted by molar-refractivity contribution is -0.143. The number of aliphatic carboxylic acids is 1. The molecule has 0 spiro atoms. The number of aromatic amines is 1. The molecule has 2 heterocycles. The van der Waals surface area contributed by atoms with Crippen LogP contribution in [-0.4, -0.2) is 80.9 Å². The zero-order chi connectivity index (χ0) is 27.5. The Kier molecular flexibility index (Phi) is 10.8. The number of nitrogens with two attached hydrogens (primary N) is 2. The molecule has 1 aliphatic heterocycles. The van der Waals surface area contributed by atoms with Gasteiger partial charge in [-0.25, -0.2) is 9.78 Å². The summed E-state index contributed by atoms with van der Waals surface area (Å²) < 4.78 is 0. The van der Waals surface area contributed by atoms with Gasteiger partial charge in [0.1, 0.15) is 18.1 Å². The predicted octanol–water partition coefficient (Wildman–Crippen LogP) is -0.304. The fourth-order valence-electron chi connectivity index (χ4n) is 4.56. The number of carboxylic acid groups (broad SMARTS) is 1. The number of unbranched alkanes of at least 4 members (excludes halogenated alkanes) is 1. The van der Waals surface area contributed by atoms with Gasteiger partial charge in [0, 0.05) is 31.3 Å². The molecule has 1 fully saturated rings. The van der Waals surface area contributed by atoms with E-state index in [4.69, 9.17) is 11.5 Å². The Hall–Kier alpha value is -3.77. The maximum atomic E-state index is 13.4. The van der Waals surface area contributed by atoms with E-state index in [9.17, 15) is 24.3 Å². The number of aromatic nitrogens is 2. The summed E-state index contributed by atoms with van der Waals surface area (Å²) in [5.41, 5.74) is 13.0. The Morgan fingerprint density at radius 1 is 1.11 bits per heavy atom. The molecule has 0 saturated carbocycles. The number of benzene rings is 1. The maximum absolute atomic E-state index is 13.4. The predicted molar refractivity (Wildman–Crippen MR) is 140 cm³/mol. The number of amides is 3. The average Bonchev–Trinajstić information content (AvgIpc) is 3.60. The highest BCUT2D eigenvalue weighted by molar-refractivity contribution is 5.94. The van der Waals surface area contributed by atoms with Crippen LogP contribution in [0.1, 0.15) is 43.4 Å². The van der Waals surface area contributed by atoms with Gasteiger partial charge in [-0.3, -0.25) is 14.4 Å². The zero-order valence-corrected chi connectivity index (χ0v) is 21.3. The summed E-state index contributed by atoms with van der Waals surface area (Å²) in [5.74, 6) is -2.62. The first-order valence-electron chi connectivity index (χ1n) is 12.9. The molecule has 12 heteroatoms. The minimum Gasteiger partial charge on any atom is -0.480 e. The van der Waals surface area contributed by atoms with Crippen molar-refractivity contribution in [1.82, 2.24) is 25.5 Å². The first-order chi connectivity index (χ1) is 18.3. The first kappa shape index (κ1) is 28.8. The number of carbonyl (C=O) groups is 4. The van der Waals surface area contributed by atoms with Crippen molar-refractivity contribution in [2.24, 2.45) is 11.5 Å². The quantitative estimate of drug-likeness (QED) is 0.180. The molecule has 4 unspecified atom stereocenters. The summed E-state index contributed by atoms with van der Waals surface area (Å²) >= 11 is 0. The van der Waals surface area contributed by atoms with E-state index in [-0.39, 0.29) is 18.7 Å². The molecule has 0 bridgehead atoms. The van der Waals surface area contributed by atoms with Crippen LogP contribution in [0.4, 0.5) is 0 Å². The third-order valence-electron chi connectivity index (χ3n) is 6.63. The van der Waals surface area contributed by atoms with Gasteiger partial charge in [0.15, 0.2) is 0 Å². The molecule has 3 amide bonds. The van der Waals surface area contributed by atoms with Crippen molar-refractivity contribution in [1.29, 1.82) is 0 Å². The normalized spacial score (nSPS) is 17.4. The molecule has 1 saturated heterocycles. The molecule has 0 aliphatic carbocycles. The fraction of sp³-hybridized carbons (Fsp3) is 0.500. The van der Waals surface area contributed by atoms with Crippen LogP contribution in [0.15, 0.2) is 42.9 Å². The number of nitrogens with zero attached hydrogens (tertiary/aromatic N) is 2. The van der Waals surface area contributed by atoms with E-state index in [2.05, 4.69) is 20.6 Å². The third-order valence-corrected chi connectivity index (χ3v) is 6.63. The van der Waals surface area contributed by atoms with E-state index in [1.165, 1.54) is 17.4 Å². The molecule has 38 heavy (non-hydrogen) atoms. The Bertz CT molecular complexity index is 1060. The number of likely N-dealkylation sites (tertiary alicyclic amines) is 1. The topological polar surface area (TPSA) is 197 Å². The Morgan fingerprint density at radius 2 is 1.87 bits per heavy atom. The Labute approximate surface area is 221 Å². The minimum absolute atomic E-state index is 0.0000258. The summed E-state index contributed by atoms with van der Waals surface area (Å²) in [7, 11) is 0. The SMILES string of the molecule is NCCCCC(N)C(=O)N1CCCC1C(=O)NC(Cc1ccccc1)C(=O)NC(Cc1cnc[nH]1)C(=O)O. The smallest absolute Gasteiger partial charge is 0.326 e. The van der Waals surface area contributed by atoms with Crippen molar-refractivity contribution < 1.29 is 24.3 Å². The van der Waals surface area contributed by atoms with Crippen molar-refractivity contribution in [2.75, 3.05) is 13.1 Å². The highest BCUT2D eigenvalue weighted by Gasteiger charge is 2.38. The molecule has 0 radical (unpaired) electrons. The first-order valence-corrected chi connectivity index (χ1v) is 12.9. The lowest BCUT2D eigenvalue weighted by Crippen LogP contribution is -2.57. The third kappa shape index (κ3) is 8.12. The number of carboxylic acids is 1. The molecule has 12 nitrogen and oxygen atoms in total. The highest BCUT2D eigenvalue weighted by Crippen LogP contribution is 2.20. The number of H-pyrrole nitrogens is 1. The summed E-state index contributed by atoms with van der Waals surface area (Å²) in [6, 6.07) is 5.34. The molecule has 1 aliphatic rings. The second kappa shape index (κ2) is 14.2. The number of imidazole rings is 1. The van der Waals surface area contributed by atoms with Crippen LogP contribution in [0.5, 0.6) is 0 Å². The maximum Gasteiger partial charge on any atom is 0.326 e. The van der Waals surface area contributed by atoms with Crippen LogP contribution in [0, 0.1) is 0 Å². The van der Waals surface area contributed by atoms with Crippen LogP contribution in [0.3, 0.4) is 0 Å². The number of nitrogens with one attached hydrogen (secondary N) is 3. The second-order valence-corrected chi connectivity index (χ2v) is 9.51. The van der Waals surface area contributed by atoms with Gasteiger partial charge in [-0.1, -0.05) is 36.8 Å². The van der Waals surface area contributed by atoms with Crippen molar-refractivity contribution in [3.63, 3.8) is 0 Å². The van der Waals surface area contributed by atoms with E-state index in [0.717, 1.165) is 18.4 Å². The summed E-state index contributed by atoms with van der Waals surface area (Å²) in [4.78, 5) is 59.6. The van der Waals surface area contributed by atoms with E-state index in [0.29, 0.717) is 38.0 Å². The van der Waals surface area contributed by atoms with Gasteiger partial charge >= 0.3 is 5.97 Å². The van der Waals surface area contributed by atoms with Crippen LogP contribution in [0.25, 0.3) is 0 Å². The van der Waals surface area contributed by atoms with Crippen molar-refractivity contribution in [2.45, 2.75) is 69.1 Å². The number of hydrogen-bond acceptors (Lipinski definition) is 7. The lowest BCUT2D eigenvalue weighted by atomic mass is 10.0. The van der Waals surface area contributed by atoms with Gasteiger partial charge in [0.05, 0.1) is 12.4 Å².